The van der Waals surface area contributed by atoms with Crippen molar-refractivity contribution in [1.29, 1.82) is 0 Å². The molecule has 1 N–H and O–H groups in total. The lowest BCUT2D eigenvalue weighted by Gasteiger charge is -2.26. The fraction of sp³-hybridized carbons (Fsp3) is 0.350. The van der Waals surface area contributed by atoms with Gasteiger partial charge in [0.1, 0.15) is 16.5 Å². The van der Waals surface area contributed by atoms with E-state index in [0.29, 0.717) is 5.75 Å². The minimum Gasteiger partial charge on any atom is -0.481 e. The first-order valence-electron chi connectivity index (χ1n) is 9.19. The first-order valence-corrected chi connectivity index (χ1v) is 10.6. The first-order chi connectivity index (χ1) is 13.8. The number of aryl methyl sites for hydroxylation is 1. The van der Waals surface area contributed by atoms with Crippen LogP contribution in [-0.2, 0) is 19.6 Å². The summed E-state index contributed by atoms with van der Waals surface area (Å²) in [6.07, 6.45) is -0.831. The molecule has 1 fully saturated rings. The van der Waals surface area contributed by atoms with Gasteiger partial charge in [0.2, 0.25) is 10.0 Å². The summed E-state index contributed by atoms with van der Waals surface area (Å²) in [5.41, 5.74) is 1.23. The number of morpholine rings is 1. The van der Waals surface area contributed by atoms with Crippen LogP contribution in [0.3, 0.4) is 0 Å². The number of rotatable bonds is 6. The van der Waals surface area contributed by atoms with Gasteiger partial charge >= 0.3 is 0 Å². The maximum atomic E-state index is 14.3. The number of carbonyl (C=O) groups is 1. The van der Waals surface area contributed by atoms with Crippen molar-refractivity contribution >= 4 is 21.6 Å². The summed E-state index contributed by atoms with van der Waals surface area (Å²) < 4.78 is 51.7. The number of halogens is 1. The highest BCUT2D eigenvalue weighted by atomic mass is 32.2. The smallest absolute Gasteiger partial charge is 0.265 e. The van der Waals surface area contributed by atoms with Gasteiger partial charge in [-0.3, -0.25) is 4.79 Å². The number of ether oxygens (including phenoxy) is 2. The van der Waals surface area contributed by atoms with E-state index < -0.39 is 32.7 Å². The topological polar surface area (TPSA) is 84.9 Å². The Labute approximate surface area is 169 Å². The minimum absolute atomic E-state index is 0.153. The second-order valence-corrected chi connectivity index (χ2v) is 8.63. The van der Waals surface area contributed by atoms with Crippen LogP contribution in [0.1, 0.15) is 12.5 Å². The molecule has 156 valence electrons. The van der Waals surface area contributed by atoms with E-state index in [9.17, 15) is 17.6 Å². The molecule has 1 heterocycles. The number of sulfonamides is 1. The lowest BCUT2D eigenvalue weighted by atomic mass is 10.2. The number of hydrogen-bond donors (Lipinski definition) is 1. The Balaban J connectivity index is 1.73. The van der Waals surface area contributed by atoms with E-state index in [1.165, 1.54) is 10.4 Å². The van der Waals surface area contributed by atoms with Crippen molar-refractivity contribution in [2.24, 2.45) is 0 Å². The van der Waals surface area contributed by atoms with Crippen LogP contribution in [-0.4, -0.2) is 51.0 Å². The van der Waals surface area contributed by atoms with Crippen molar-refractivity contribution < 1.29 is 27.1 Å². The zero-order valence-electron chi connectivity index (χ0n) is 16.2. The summed E-state index contributed by atoms with van der Waals surface area (Å²) in [6, 6.07) is 10.7. The van der Waals surface area contributed by atoms with Crippen LogP contribution in [0.5, 0.6) is 5.75 Å². The van der Waals surface area contributed by atoms with E-state index in [1.807, 2.05) is 19.1 Å². The van der Waals surface area contributed by atoms with Crippen LogP contribution < -0.4 is 10.1 Å². The van der Waals surface area contributed by atoms with E-state index in [-0.39, 0.29) is 32.0 Å². The molecule has 1 unspecified atom stereocenters. The molecule has 1 aliphatic heterocycles. The van der Waals surface area contributed by atoms with Crippen LogP contribution in [0, 0.1) is 12.7 Å². The van der Waals surface area contributed by atoms with Crippen molar-refractivity contribution in [3.8, 4) is 5.75 Å². The number of carbonyl (C=O) groups excluding carboxylic acids is 1. The van der Waals surface area contributed by atoms with Gasteiger partial charge in [0, 0.05) is 18.8 Å². The van der Waals surface area contributed by atoms with E-state index in [4.69, 9.17) is 9.47 Å². The SMILES string of the molecule is Cc1ccc(OC(C)C(=O)Nc2ccc(F)c(S(=O)(=O)N3CCOCC3)c2)cc1. The van der Waals surface area contributed by atoms with Gasteiger partial charge in [0.05, 0.1) is 13.2 Å². The summed E-state index contributed by atoms with van der Waals surface area (Å²) >= 11 is 0. The molecule has 1 amide bonds. The largest absolute Gasteiger partial charge is 0.481 e. The molecule has 0 bridgehead atoms. The summed E-state index contributed by atoms with van der Waals surface area (Å²) in [7, 11) is -4.03. The Bertz CT molecular complexity index is 973. The van der Waals surface area contributed by atoms with Crippen LogP contribution >= 0.6 is 0 Å². The number of amides is 1. The highest BCUT2D eigenvalue weighted by Crippen LogP contribution is 2.24. The number of benzene rings is 2. The molecule has 2 aromatic carbocycles. The molecule has 0 aromatic heterocycles. The summed E-state index contributed by atoms with van der Waals surface area (Å²) in [5, 5.41) is 2.58. The van der Waals surface area contributed by atoms with Gasteiger partial charge < -0.3 is 14.8 Å². The highest BCUT2D eigenvalue weighted by molar-refractivity contribution is 7.89. The molecule has 1 saturated heterocycles. The second kappa shape index (κ2) is 8.89. The Morgan fingerprint density at radius 2 is 1.83 bits per heavy atom. The zero-order valence-corrected chi connectivity index (χ0v) is 17.0. The highest BCUT2D eigenvalue weighted by Gasteiger charge is 2.29. The maximum absolute atomic E-state index is 14.3. The standard InChI is InChI=1S/C20H23FN2O5S/c1-14-3-6-17(7-4-14)28-15(2)20(24)22-16-5-8-18(21)19(13-16)29(25,26)23-9-11-27-12-10-23/h3-8,13,15H,9-12H2,1-2H3,(H,22,24). The Morgan fingerprint density at radius 1 is 1.17 bits per heavy atom. The molecule has 3 rings (SSSR count). The van der Waals surface area contributed by atoms with Crippen molar-refractivity contribution in [3.63, 3.8) is 0 Å². The minimum atomic E-state index is -4.03. The third kappa shape index (κ3) is 5.11. The molecule has 7 nitrogen and oxygen atoms in total. The Hall–Kier alpha value is -2.49. The van der Waals surface area contributed by atoms with Crippen LogP contribution in [0.15, 0.2) is 47.4 Å². The number of hydrogen-bond acceptors (Lipinski definition) is 5. The normalized spacial score (nSPS) is 16.2. The predicted octanol–water partition coefficient (Wildman–Crippen LogP) is 2.56. The molecular formula is C20H23FN2O5S. The first kappa shape index (κ1) is 21.2. The van der Waals surface area contributed by atoms with Crippen molar-refractivity contribution in [2.75, 3.05) is 31.6 Å². The third-order valence-corrected chi connectivity index (χ3v) is 6.40. The van der Waals surface area contributed by atoms with E-state index in [0.717, 1.165) is 17.7 Å². The summed E-state index contributed by atoms with van der Waals surface area (Å²) in [4.78, 5) is 11.9. The second-order valence-electron chi connectivity index (χ2n) is 6.72. The number of nitrogens with one attached hydrogen (secondary N) is 1. The van der Waals surface area contributed by atoms with Gasteiger partial charge in [0.15, 0.2) is 6.10 Å². The third-order valence-electron chi connectivity index (χ3n) is 4.49. The zero-order chi connectivity index (χ0) is 21.0. The molecule has 1 aliphatic rings. The molecule has 9 heteroatoms. The average molecular weight is 422 g/mol. The van der Waals surface area contributed by atoms with Gasteiger partial charge in [-0.05, 0) is 44.2 Å². The lowest BCUT2D eigenvalue weighted by molar-refractivity contribution is -0.122. The van der Waals surface area contributed by atoms with Crippen molar-refractivity contribution in [2.45, 2.75) is 24.8 Å². The van der Waals surface area contributed by atoms with Crippen LogP contribution in [0.2, 0.25) is 0 Å². The lowest BCUT2D eigenvalue weighted by Crippen LogP contribution is -2.41. The Kier molecular flexibility index (Phi) is 6.51. The fourth-order valence-electron chi connectivity index (χ4n) is 2.82. The fourth-order valence-corrected chi connectivity index (χ4v) is 4.32. The van der Waals surface area contributed by atoms with Gasteiger partial charge in [-0.1, -0.05) is 17.7 Å². The molecular weight excluding hydrogens is 399 g/mol. The van der Waals surface area contributed by atoms with Gasteiger partial charge in [0.25, 0.3) is 5.91 Å². The van der Waals surface area contributed by atoms with Gasteiger partial charge in [-0.25, -0.2) is 12.8 Å². The number of nitrogens with zero attached hydrogens (tertiary/aromatic N) is 1. The summed E-state index contributed by atoms with van der Waals surface area (Å²) in [5.74, 6) is -0.821. The van der Waals surface area contributed by atoms with Gasteiger partial charge in [-0.2, -0.15) is 4.31 Å². The number of anilines is 1. The monoisotopic (exact) mass is 422 g/mol. The molecule has 0 radical (unpaired) electrons. The Morgan fingerprint density at radius 3 is 2.48 bits per heavy atom. The van der Waals surface area contributed by atoms with Crippen molar-refractivity contribution in [1.82, 2.24) is 4.31 Å². The van der Waals surface area contributed by atoms with Crippen LogP contribution in [0.4, 0.5) is 10.1 Å². The molecule has 0 saturated carbocycles. The molecule has 0 spiro atoms. The summed E-state index contributed by atoms with van der Waals surface area (Å²) in [6.45, 7) is 4.33. The van der Waals surface area contributed by atoms with Gasteiger partial charge in [-0.15, -0.1) is 0 Å². The van der Waals surface area contributed by atoms with E-state index in [2.05, 4.69) is 5.32 Å². The molecule has 2 aromatic rings. The van der Waals surface area contributed by atoms with E-state index >= 15 is 0 Å². The molecule has 0 aliphatic carbocycles. The van der Waals surface area contributed by atoms with E-state index in [1.54, 1.807) is 19.1 Å². The maximum Gasteiger partial charge on any atom is 0.265 e. The van der Waals surface area contributed by atoms with Crippen molar-refractivity contribution in [3.05, 3.63) is 53.8 Å². The molecule has 29 heavy (non-hydrogen) atoms. The predicted molar refractivity (Wildman–Crippen MR) is 106 cm³/mol. The molecule has 1 atom stereocenters. The quantitative estimate of drug-likeness (QED) is 0.773. The average Bonchev–Trinajstić information content (AvgIpc) is 2.71. The van der Waals surface area contributed by atoms with Crippen LogP contribution in [0.25, 0.3) is 0 Å².